The first-order chi connectivity index (χ1) is 22.0. The van der Waals surface area contributed by atoms with Crippen molar-refractivity contribution in [2.24, 2.45) is 0 Å². The number of anilines is 1. The van der Waals surface area contributed by atoms with Crippen molar-refractivity contribution >= 4 is 37.5 Å². The summed E-state index contributed by atoms with van der Waals surface area (Å²) in [5.41, 5.74) is 1.79. The molecule has 2 atom stereocenters. The molecule has 0 saturated carbocycles. The van der Waals surface area contributed by atoms with Crippen molar-refractivity contribution in [1.82, 2.24) is 15.5 Å². The van der Waals surface area contributed by atoms with E-state index in [9.17, 15) is 26.4 Å². The average molecular weight is 673 g/mol. The van der Waals surface area contributed by atoms with E-state index >= 15 is 0 Å². The maximum Gasteiger partial charge on any atom is 0.318 e. The van der Waals surface area contributed by atoms with E-state index in [4.69, 9.17) is 9.47 Å². The zero-order valence-corrected chi connectivity index (χ0v) is 27.3. The number of sulfone groups is 1. The van der Waals surface area contributed by atoms with Gasteiger partial charge in [0, 0.05) is 24.8 Å². The van der Waals surface area contributed by atoms with Gasteiger partial charge in [0.2, 0.25) is 15.9 Å². The third-order valence-corrected chi connectivity index (χ3v) is 10.3. The minimum Gasteiger partial charge on any atom is -0.497 e. The molecule has 12 nitrogen and oxygen atoms in total. The van der Waals surface area contributed by atoms with Gasteiger partial charge in [-0.15, -0.1) is 0 Å². The predicted molar refractivity (Wildman–Crippen MR) is 176 cm³/mol. The van der Waals surface area contributed by atoms with Crippen molar-refractivity contribution in [2.75, 3.05) is 49.6 Å². The molecule has 3 amide bonds. The molecule has 0 bridgehead atoms. The van der Waals surface area contributed by atoms with Crippen LogP contribution in [0.4, 0.5) is 10.5 Å². The second kappa shape index (κ2) is 16.4. The molecule has 0 aliphatic carbocycles. The molecule has 3 aromatic rings. The van der Waals surface area contributed by atoms with Crippen molar-refractivity contribution in [2.45, 2.75) is 30.7 Å². The van der Waals surface area contributed by atoms with Crippen LogP contribution in [0.15, 0.2) is 84.9 Å². The van der Waals surface area contributed by atoms with Gasteiger partial charge in [-0.05, 0) is 48.2 Å². The zero-order valence-electron chi connectivity index (χ0n) is 25.6. The minimum absolute atomic E-state index is 0.236. The van der Waals surface area contributed by atoms with Gasteiger partial charge in [0.25, 0.3) is 0 Å². The molecule has 1 heterocycles. The number of carbonyl (C=O) groups is 2. The Kier molecular flexibility index (Phi) is 12.4. The molecule has 46 heavy (non-hydrogen) atoms. The van der Waals surface area contributed by atoms with E-state index in [1.807, 2.05) is 30.3 Å². The van der Waals surface area contributed by atoms with Gasteiger partial charge < -0.3 is 25.0 Å². The molecular weight excluding hydrogens is 633 g/mol. The molecule has 0 spiro atoms. The highest BCUT2D eigenvalue weighted by atomic mass is 32.2. The molecule has 0 radical (unpaired) electrons. The Labute approximate surface area is 270 Å². The number of aryl methyl sites for hydroxylation is 1. The van der Waals surface area contributed by atoms with E-state index < -0.39 is 55.4 Å². The third-order valence-electron chi connectivity index (χ3n) is 7.32. The van der Waals surface area contributed by atoms with Crippen LogP contribution in [0.2, 0.25) is 0 Å². The number of amides is 3. The second-order valence-electron chi connectivity index (χ2n) is 11.0. The van der Waals surface area contributed by atoms with E-state index in [2.05, 4.69) is 15.4 Å². The number of hydrogen-bond donors (Lipinski definition) is 3. The number of rotatable bonds is 15. The number of ether oxygens (including phenoxy) is 2. The van der Waals surface area contributed by atoms with Gasteiger partial charge in [0.05, 0.1) is 37.6 Å². The fourth-order valence-corrected chi connectivity index (χ4v) is 7.88. The molecule has 14 heteroatoms. The lowest BCUT2D eigenvalue weighted by atomic mass is 10.1. The van der Waals surface area contributed by atoms with Crippen LogP contribution in [0.3, 0.4) is 0 Å². The first-order valence-corrected chi connectivity index (χ1v) is 18.4. The van der Waals surface area contributed by atoms with Gasteiger partial charge >= 0.3 is 6.03 Å². The lowest BCUT2D eigenvalue weighted by Gasteiger charge is -2.29. The number of methoxy groups -OCH3 is 1. The van der Waals surface area contributed by atoms with E-state index in [0.717, 1.165) is 5.56 Å². The van der Waals surface area contributed by atoms with Crippen molar-refractivity contribution < 1.29 is 35.9 Å². The van der Waals surface area contributed by atoms with Crippen LogP contribution >= 0.6 is 0 Å². The third kappa shape index (κ3) is 11.3. The fraction of sp³-hybridized carbons (Fsp3) is 0.375. The van der Waals surface area contributed by atoms with Crippen LogP contribution in [-0.4, -0.2) is 90.7 Å². The van der Waals surface area contributed by atoms with Crippen molar-refractivity contribution in [1.29, 1.82) is 0 Å². The van der Waals surface area contributed by atoms with Crippen molar-refractivity contribution in [3.05, 3.63) is 96.1 Å². The summed E-state index contributed by atoms with van der Waals surface area (Å²) in [4.78, 5) is 28.3. The fourth-order valence-electron chi connectivity index (χ4n) is 4.96. The van der Waals surface area contributed by atoms with Gasteiger partial charge in [-0.1, -0.05) is 60.7 Å². The van der Waals surface area contributed by atoms with Crippen LogP contribution < -0.4 is 20.1 Å². The quantitative estimate of drug-likeness (QED) is 0.222. The maximum atomic E-state index is 13.8. The van der Waals surface area contributed by atoms with E-state index in [1.54, 1.807) is 54.6 Å². The molecule has 1 aliphatic rings. The standard InChI is InChI=1S/C32H40N4O8S2/c1-43-29-16-14-27(15-17-29)35-46(41,42)23-28(13-12-25-8-4-2-5-9-25)33-31(37)30(34-32(38)36-18-20-44-21-19-36)24-45(39,40)22-26-10-6-3-7-11-26/h2-11,14-17,28,30,35H,12-13,18-24H2,1H3,(H,33,37)(H,34,38)/t28-,30+/m1/s1. The van der Waals surface area contributed by atoms with Crippen molar-refractivity contribution in [3.63, 3.8) is 0 Å². The number of sulfonamides is 1. The van der Waals surface area contributed by atoms with Crippen molar-refractivity contribution in [3.8, 4) is 5.75 Å². The Morgan fingerprint density at radius 2 is 1.43 bits per heavy atom. The lowest BCUT2D eigenvalue weighted by molar-refractivity contribution is -0.123. The van der Waals surface area contributed by atoms with Gasteiger partial charge in [-0.25, -0.2) is 21.6 Å². The van der Waals surface area contributed by atoms with E-state index in [1.165, 1.54) is 12.0 Å². The Hall–Kier alpha value is -4.14. The summed E-state index contributed by atoms with van der Waals surface area (Å²) in [6.45, 7) is 1.20. The molecule has 1 aliphatic heterocycles. The maximum absolute atomic E-state index is 13.8. The second-order valence-corrected chi connectivity index (χ2v) is 14.9. The first kappa shape index (κ1) is 34.7. The Morgan fingerprint density at radius 1 is 0.826 bits per heavy atom. The summed E-state index contributed by atoms with van der Waals surface area (Å²) in [7, 11) is -6.36. The average Bonchev–Trinajstić information content (AvgIpc) is 3.04. The first-order valence-electron chi connectivity index (χ1n) is 14.9. The monoisotopic (exact) mass is 672 g/mol. The molecule has 3 N–H and O–H groups in total. The largest absolute Gasteiger partial charge is 0.497 e. The van der Waals surface area contributed by atoms with Gasteiger partial charge in [-0.3, -0.25) is 9.52 Å². The number of urea groups is 1. The smallest absolute Gasteiger partial charge is 0.318 e. The normalized spacial score (nSPS) is 14.9. The summed E-state index contributed by atoms with van der Waals surface area (Å²) in [6.07, 6.45) is 0.682. The van der Waals surface area contributed by atoms with Gasteiger partial charge in [0.1, 0.15) is 11.8 Å². The zero-order chi connectivity index (χ0) is 33.0. The Balaban J connectivity index is 1.53. The Bertz CT molecular complexity index is 1630. The van der Waals surface area contributed by atoms with Gasteiger partial charge in [-0.2, -0.15) is 0 Å². The number of nitrogens with zero attached hydrogens (tertiary/aromatic N) is 1. The van der Waals surface area contributed by atoms with Crippen LogP contribution in [0.1, 0.15) is 17.5 Å². The van der Waals surface area contributed by atoms with E-state index in [-0.39, 0.29) is 25.3 Å². The number of benzene rings is 3. The summed E-state index contributed by atoms with van der Waals surface area (Å²) < 4.78 is 66.0. The number of nitrogens with one attached hydrogen (secondary N) is 3. The summed E-state index contributed by atoms with van der Waals surface area (Å²) in [5.74, 6) is -1.73. The number of morpholine rings is 1. The number of carbonyl (C=O) groups excluding carboxylic acids is 2. The molecule has 1 saturated heterocycles. The van der Waals surface area contributed by atoms with Crippen LogP contribution in [0.25, 0.3) is 0 Å². The highest BCUT2D eigenvalue weighted by Crippen LogP contribution is 2.17. The molecule has 0 unspecified atom stereocenters. The minimum atomic E-state index is -3.98. The summed E-state index contributed by atoms with van der Waals surface area (Å²) >= 11 is 0. The van der Waals surface area contributed by atoms with Gasteiger partial charge in [0.15, 0.2) is 9.84 Å². The molecule has 1 fully saturated rings. The molecular formula is C32H40N4O8S2. The highest BCUT2D eigenvalue weighted by Gasteiger charge is 2.32. The summed E-state index contributed by atoms with van der Waals surface area (Å²) in [6, 6.07) is 21.3. The molecule has 3 aromatic carbocycles. The van der Waals surface area contributed by atoms with E-state index in [0.29, 0.717) is 36.6 Å². The topological polar surface area (TPSA) is 160 Å². The number of hydrogen-bond acceptors (Lipinski definition) is 8. The predicted octanol–water partition coefficient (Wildman–Crippen LogP) is 2.58. The molecule has 248 valence electrons. The summed E-state index contributed by atoms with van der Waals surface area (Å²) in [5, 5.41) is 5.33. The van der Waals surface area contributed by atoms with Crippen LogP contribution in [0.5, 0.6) is 5.75 Å². The SMILES string of the molecule is COc1ccc(NS(=O)(=O)C[C@@H](CCc2ccccc2)NC(=O)[C@H](CS(=O)(=O)Cc2ccccc2)NC(=O)N2CCOCC2)cc1. The molecule has 0 aromatic heterocycles. The molecule has 4 rings (SSSR count). The van der Waals surface area contributed by atoms with Crippen LogP contribution in [-0.2, 0) is 41.6 Å². The Morgan fingerprint density at radius 3 is 2.04 bits per heavy atom. The van der Waals surface area contributed by atoms with Crippen LogP contribution in [0, 0.1) is 0 Å². The highest BCUT2D eigenvalue weighted by molar-refractivity contribution is 7.92. The lowest BCUT2D eigenvalue weighted by Crippen LogP contribution is -2.57.